The number of hydrogen-bond donors (Lipinski definition) is 2. The fourth-order valence-electron chi connectivity index (χ4n) is 4.15. The Labute approximate surface area is 170 Å². The van der Waals surface area contributed by atoms with E-state index >= 15 is 0 Å². The van der Waals surface area contributed by atoms with Crippen molar-refractivity contribution < 1.29 is 22.8 Å². The molecule has 2 atom stereocenters. The van der Waals surface area contributed by atoms with E-state index in [0.717, 1.165) is 22.4 Å². The van der Waals surface area contributed by atoms with Crippen molar-refractivity contribution in [1.82, 2.24) is 10.2 Å². The maximum Gasteiger partial charge on any atom is 0.243 e. The Bertz CT molecular complexity index is 934. The van der Waals surface area contributed by atoms with Crippen LogP contribution in [0.3, 0.4) is 0 Å². The highest BCUT2D eigenvalue weighted by Gasteiger charge is 2.41. The van der Waals surface area contributed by atoms with E-state index in [1.165, 1.54) is 4.90 Å². The van der Waals surface area contributed by atoms with Gasteiger partial charge in [-0.25, -0.2) is 8.42 Å². The monoisotopic (exact) mass is 421 g/mol. The van der Waals surface area contributed by atoms with Crippen LogP contribution < -0.4 is 10.6 Å². The predicted molar refractivity (Wildman–Crippen MR) is 109 cm³/mol. The van der Waals surface area contributed by atoms with Crippen LogP contribution in [0.2, 0.25) is 0 Å². The summed E-state index contributed by atoms with van der Waals surface area (Å²) < 4.78 is 23.3. The number of hydrogen-bond acceptors (Lipinski definition) is 5. The van der Waals surface area contributed by atoms with Crippen molar-refractivity contribution in [3.8, 4) is 0 Å². The molecular weight excluding hydrogens is 394 g/mol. The van der Waals surface area contributed by atoms with Crippen molar-refractivity contribution in [3.63, 3.8) is 0 Å². The smallest absolute Gasteiger partial charge is 0.243 e. The third kappa shape index (κ3) is 4.95. The first-order valence-corrected chi connectivity index (χ1v) is 11.5. The van der Waals surface area contributed by atoms with Crippen molar-refractivity contribution in [3.05, 3.63) is 28.8 Å². The molecular formula is C20H27N3O5S. The van der Waals surface area contributed by atoms with Crippen LogP contribution in [-0.2, 0) is 24.2 Å². The van der Waals surface area contributed by atoms with Gasteiger partial charge in [-0.05, 0) is 38.3 Å². The molecule has 2 saturated heterocycles. The van der Waals surface area contributed by atoms with Gasteiger partial charge in [0.2, 0.25) is 17.7 Å². The molecule has 8 nitrogen and oxygen atoms in total. The molecule has 3 rings (SSSR count). The number of benzene rings is 1. The predicted octanol–water partition coefficient (Wildman–Crippen LogP) is 0.702. The van der Waals surface area contributed by atoms with E-state index in [1.54, 1.807) is 0 Å². The molecule has 0 spiro atoms. The van der Waals surface area contributed by atoms with Gasteiger partial charge in [0.15, 0.2) is 9.84 Å². The number of nitrogens with zero attached hydrogens (tertiary/aromatic N) is 1. The molecule has 2 aliphatic rings. The summed E-state index contributed by atoms with van der Waals surface area (Å²) >= 11 is 0. The van der Waals surface area contributed by atoms with E-state index in [4.69, 9.17) is 0 Å². The minimum atomic E-state index is -3.10. The minimum Gasteiger partial charge on any atom is -0.347 e. The summed E-state index contributed by atoms with van der Waals surface area (Å²) in [6, 6.07) is 3.60. The summed E-state index contributed by atoms with van der Waals surface area (Å²) in [5.74, 6) is -1.43. The molecule has 2 aliphatic heterocycles. The van der Waals surface area contributed by atoms with E-state index in [-0.39, 0.29) is 54.8 Å². The first-order chi connectivity index (χ1) is 13.6. The number of likely N-dealkylation sites (tertiary alicyclic amines) is 1. The molecule has 1 aromatic rings. The first kappa shape index (κ1) is 21.3. The molecule has 0 unspecified atom stereocenters. The highest BCUT2D eigenvalue weighted by Crippen LogP contribution is 2.26. The first-order valence-electron chi connectivity index (χ1n) is 9.71. The molecule has 2 fully saturated rings. The molecule has 2 heterocycles. The summed E-state index contributed by atoms with van der Waals surface area (Å²) in [6.07, 6.45) is 0.459. The highest BCUT2D eigenvalue weighted by molar-refractivity contribution is 7.91. The quantitative estimate of drug-likeness (QED) is 0.727. The van der Waals surface area contributed by atoms with Crippen LogP contribution in [0.5, 0.6) is 0 Å². The molecule has 0 aromatic heterocycles. The number of nitrogens with one attached hydrogen (secondary N) is 2. The molecule has 1 aromatic carbocycles. The van der Waals surface area contributed by atoms with Crippen LogP contribution in [0.4, 0.5) is 5.69 Å². The van der Waals surface area contributed by atoms with Crippen molar-refractivity contribution >= 4 is 33.2 Å². The third-order valence-electron chi connectivity index (χ3n) is 5.54. The number of amides is 3. The number of carbonyl (C=O) groups is 3. The lowest BCUT2D eigenvalue weighted by Gasteiger charge is -2.22. The Hall–Kier alpha value is -2.42. The fourth-order valence-corrected chi connectivity index (χ4v) is 5.88. The second kappa shape index (κ2) is 8.14. The maximum atomic E-state index is 12.4. The maximum absolute atomic E-state index is 12.4. The van der Waals surface area contributed by atoms with E-state index in [2.05, 4.69) is 10.6 Å². The van der Waals surface area contributed by atoms with Crippen molar-refractivity contribution in [2.45, 2.75) is 39.7 Å². The number of sulfone groups is 1. The van der Waals surface area contributed by atoms with E-state index in [1.807, 2.05) is 32.9 Å². The molecule has 158 valence electrons. The van der Waals surface area contributed by atoms with Gasteiger partial charge in [-0.15, -0.1) is 0 Å². The highest BCUT2D eigenvalue weighted by atomic mass is 32.2. The SMILES string of the molecule is Cc1cc(C)c(NC(=O)CNC(=O)[C@@H]2CC(=O)N([C@H]3CCS(=O)(=O)C3)C2)c(C)c1. The average Bonchev–Trinajstić information content (AvgIpc) is 3.18. The van der Waals surface area contributed by atoms with E-state index in [0.29, 0.717) is 6.42 Å². The number of rotatable bonds is 5. The summed E-state index contributed by atoms with van der Waals surface area (Å²) in [4.78, 5) is 38.4. The van der Waals surface area contributed by atoms with Gasteiger partial charge in [-0.2, -0.15) is 0 Å². The second-order valence-corrected chi connectivity index (χ2v) is 10.3. The second-order valence-electron chi connectivity index (χ2n) is 8.04. The Morgan fingerprint density at radius 3 is 2.41 bits per heavy atom. The zero-order valence-electron chi connectivity index (χ0n) is 16.9. The molecule has 2 N–H and O–H groups in total. The van der Waals surface area contributed by atoms with Crippen LogP contribution in [0.1, 0.15) is 29.5 Å². The van der Waals surface area contributed by atoms with E-state index in [9.17, 15) is 22.8 Å². The minimum absolute atomic E-state index is 0.0370. The van der Waals surface area contributed by atoms with Gasteiger partial charge in [0, 0.05) is 24.7 Å². The van der Waals surface area contributed by atoms with Gasteiger partial charge in [-0.1, -0.05) is 17.7 Å². The van der Waals surface area contributed by atoms with Crippen molar-refractivity contribution in [1.29, 1.82) is 0 Å². The van der Waals surface area contributed by atoms with Crippen LogP contribution in [0, 0.1) is 26.7 Å². The topological polar surface area (TPSA) is 113 Å². The Morgan fingerprint density at radius 1 is 1.17 bits per heavy atom. The fraction of sp³-hybridized carbons (Fsp3) is 0.550. The molecule has 9 heteroatoms. The molecule has 29 heavy (non-hydrogen) atoms. The zero-order chi connectivity index (χ0) is 21.3. The van der Waals surface area contributed by atoms with Gasteiger partial charge in [-0.3, -0.25) is 14.4 Å². The van der Waals surface area contributed by atoms with Gasteiger partial charge in [0.05, 0.1) is 24.0 Å². The van der Waals surface area contributed by atoms with Gasteiger partial charge in [0.1, 0.15) is 0 Å². The summed E-state index contributed by atoms with van der Waals surface area (Å²) in [5, 5.41) is 5.42. The molecule has 0 aliphatic carbocycles. The largest absolute Gasteiger partial charge is 0.347 e. The zero-order valence-corrected chi connectivity index (χ0v) is 17.8. The summed E-state index contributed by atoms with van der Waals surface area (Å²) in [5.41, 5.74) is 3.74. The lowest BCUT2D eigenvalue weighted by molar-refractivity contribution is -0.130. The summed E-state index contributed by atoms with van der Waals surface area (Å²) in [7, 11) is -3.10. The molecule has 0 radical (unpaired) electrons. The third-order valence-corrected chi connectivity index (χ3v) is 7.29. The van der Waals surface area contributed by atoms with Crippen LogP contribution in [0.25, 0.3) is 0 Å². The number of aryl methyl sites for hydroxylation is 3. The average molecular weight is 422 g/mol. The number of anilines is 1. The molecule has 3 amide bonds. The van der Waals surface area contributed by atoms with E-state index < -0.39 is 15.8 Å². The normalized spacial score (nSPS) is 23.3. The van der Waals surface area contributed by atoms with Gasteiger partial charge in [0.25, 0.3) is 0 Å². The Kier molecular flexibility index (Phi) is 5.97. The lowest BCUT2D eigenvalue weighted by atomic mass is 10.1. The summed E-state index contributed by atoms with van der Waals surface area (Å²) in [6.45, 7) is 5.82. The van der Waals surface area contributed by atoms with Crippen LogP contribution in [-0.4, -0.2) is 61.7 Å². The van der Waals surface area contributed by atoms with Crippen molar-refractivity contribution in [2.24, 2.45) is 5.92 Å². The lowest BCUT2D eigenvalue weighted by Crippen LogP contribution is -2.40. The molecule has 0 bridgehead atoms. The van der Waals surface area contributed by atoms with Gasteiger partial charge >= 0.3 is 0 Å². The molecule has 0 saturated carbocycles. The number of carbonyl (C=O) groups excluding carboxylic acids is 3. The van der Waals surface area contributed by atoms with Crippen molar-refractivity contribution in [2.75, 3.05) is 29.9 Å². The standard InChI is InChI=1S/C20H27N3O5S/c1-12-6-13(2)19(14(3)7-12)22-17(24)9-21-20(26)15-8-18(25)23(10-15)16-4-5-29(27,28)11-16/h6-7,15-16H,4-5,8-11H2,1-3H3,(H,21,26)(H,22,24)/t15-,16+/m1/s1. The van der Waals surface area contributed by atoms with Gasteiger partial charge < -0.3 is 15.5 Å². The Balaban J connectivity index is 1.52. The van der Waals surface area contributed by atoms with Crippen LogP contribution in [0.15, 0.2) is 12.1 Å². The van der Waals surface area contributed by atoms with Crippen LogP contribution >= 0.6 is 0 Å². The Morgan fingerprint density at radius 2 is 1.83 bits per heavy atom.